The molecule has 0 spiro atoms. The Labute approximate surface area is 157 Å². The zero-order valence-electron chi connectivity index (χ0n) is 14.7. The molecule has 0 saturated heterocycles. The van der Waals surface area contributed by atoms with Gasteiger partial charge in [-0.15, -0.1) is 0 Å². The highest BCUT2D eigenvalue weighted by atomic mass is 32.2. The monoisotopic (exact) mass is 367 g/mol. The minimum atomic E-state index is -0.165. The minimum Gasteiger partial charge on any atom is -0.508 e. The summed E-state index contributed by atoms with van der Waals surface area (Å²) in [7, 11) is 0. The fourth-order valence-electron chi connectivity index (χ4n) is 3.26. The predicted molar refractivity (Wildman–Crippen MR) is 102 cm³/mol. The van der Waals surface area contributed by atoms with Crippen LogP contribution in [0.2, 0.25) is 0 Å². The lowest BCUT2D eigenvalue weighted by atomic mass is 9.87. The summed E-state index contributed by atoms with van der Waals surface area (Å²) in [5.74, 6) is 0.174. The summed E-state index contributed by atoms with van der Waals surface area (Å²) in [6.07, 6.45) is 4.99. The minimum absolute atomic E-state index is 0.154. The Morgan fingerprint density at radius 2 is 1.96 bits per heavy atom. The van der Waals surface area contributed by atoms with Crippen molar-refractivity contribution in [2.75, 3.05) is 11.1 Å². The number of benzene rings is 1. The highest BCUT2D eigenvalue weighted by Crippen LogP contribution is 2.32. The SMILES string of the molecule is CCc1nc(SCC(=O)Nc2ccc(O)cc2)c(C#N)c2c1CCCC2. The number of aromatic nitrogens is 1. The molecule has 0 fully saturated rings. The number of nitrogens with one attached hydrogen (secondary N) is 1. The number of hydrogen-bond donors (Lipinski definition) is 2. The van der Waals surface area contributed by atoms with Crippen molar-refractivity contribution in [3.8, 4) is 11.8 Å². The van der Waals surface area contributed by atoms with Gasteiger partial charge in [-0.3, -0.25) is 4.79 Å². The van der Waals surface area contributed by atoms with Gasteiger partial charge in [0.05, 0.1) is 11.3 Å². The zero-order chi connectivity index (χ0) is 18.5. The molecule has 3 rings (SSSR count). The first-order valence-corrected chi connectivity index (χ1v) is 9.77. The summed E-state index contributed by atoms with van der Waals surface area (Å²) in [5, 5.41) is 22.4. The Balaban J connectivity index is 1.76. The van der Waals surface area contributed by atoms with Crippen molar-refractivity contribution in [3.63, 3.8) is 0 Å². The highest BCUT2D eigenvalue weighted by Gasteiger charge is 2.22. The average Bonchev–Trinajstić information content (AvgIpc) is 2.67. The second-order valence-electron chi connectivity index (χ2n) is 6.25. The maximum absolute atomic E-state index is 12.2. The van der Waals surface area contributed by atoms with E-state index < -0.39 is 0 Å². The number of carbonyl (C=O) groups is 1. The number of aryl methyl sites for hydroxylation is 1. The summed E-state index contributed by atoms with van der Waals surface area (Å²) < 4.78 is 0. The molecule has 6 heteroatoms. The van der Waals surface area contributed by atoms with Crippen LogP contribution in [0.15, 0.2) is 29.3 Å². The number of nitriles is 1. The molecule has 26 heavy (non-hydrogen) atoms. The summed E-state index contributed by atoms with van der Waals surface area (Å²) in [4.78, 5) is 16.9. The number of carbonyl (C=O) groups excluding carboxylic acids is 1. The van der Waals surface area contributed by atoms with Crippen LogP contribution in [-0.4, -0.2) is 21.8 Å². The first kappa shape index (κ1) is 18.3. The fourth-order valence-corrected chi connectivity index (χ4v) is 4.09. The van der Waals surface area contributed by atoms with Crippen LogP contribution in [0.3, 0.4) is 0 Å². The van der Waals surface area contributed by atoms with Crippen molar-refractivity contribution in [1.82, 2.24) is 4.98 Å². The van der Waals surface area contributed by atoms with Crippen molar-refractivity contribution >= 4 is 23.4 Å². The first-order valence-electron chi connectivity index (χ1n) is 8.78. The molecule has 1 aliphatic rings. The van der Waals surface area contributed by atoms with Crippen LogP contribution in [0.1, 0.15) is 42.1 Å². The molecule has 1 heterocycles. The zero-order valence-corrected chi connectivity index (χ0v) is 15.5. The number of nitrogens with zero attached hydrogens (tertiary/aromatic N) is 2. The van der Waals surface area contributed by atoms with Crippen molar-refractivity contribution in [2.45, 2.75) is 44.1 Å². The molecule has 1 aromatic carbocycles. The number of anilines is 1. The van der Waals surface area contributed by atoms with E-state index in [1.807, 2.05) is 0 Å². The standard InChI is InChI=1S/C20H21N3O2S/c1-2-18-16-6-4-3-5-15(16)17(11-21)20(23-18)26-12-19(25)22-13-7-9-14(24)10-8-13/h7-10,24H,2-6,12H2,1H3,(H,22,25). The van der Waals surface area contributed by atoms with Gasteiger partial charge in [0.15, 0.2) is 0 Å². The van der Waals surface area contributed by atoms with Gasteiger partial charge in [-0.25, -0.2) is 4.98 Å². The van der Waals surface area contributed by atoms with Crippen LogP contribution in [0, 0.1) is 11.3 Å². The summed E-state index contributed by atoms with van der Waals surface area (Å²) in [6, 6.07) is 8.65. The third-order valence-electron chi connectivity index (χ3n) is 4.51. The molecule has 2 aromatic rings. The molecular weight excluding hydrogens is 346 g/mol. The van der Waals surface area contributed by atoms with Crippen LogP contribution in [-0.2, 0) is 24.1 Å². The molecule has 0 saturated carbocycles. The summed E-state index contributed by atoms with van der Waals surface area (Å²) in [5.41, 5.74) is 4.70. The van der Waals surface area contributed by atoms with Crippen LogP contribution >= 0.6 is 11.8 Å². The van der Waals surface area contributed by atoms with E-state index in [4.69, 9.17) is 4.98 Å². The number of rotatable bonds is 5. The number of hydrogen-bond acceptors (Lipinski definition) is 5. The third kappa shape index (κ3) is 4.00. The predicted octanol–water partition coefficient (Wildman–Crippen LogP) is 3.83. The number of pyridine rings is 1. The molecular formula is C20H21N3O2S. The molecule has 0 radical (unpaired) electrons. The van der Waals surface area contributed by atoms with Gasteiger partial charge in [0.25, 0.3) is 0 Å². The van der Waals surface area contributed by atoms with Gasteiger partial charge in [-0.1, -0.05) is 18.7 Å². The maximum atomic E-state index is 12.2. The van der Waals surface area contributed by atoms with E-state index >= 15 is 0 Å². The highest BCUT2D eigenvalue weighted by molar-refractivity contribution is 8.00. The molecule has 0 unspecified atom stereocenters. The molecule has 0 atom stereocenters. The Morgan fingerprint density at radius 1 is 1.27 bits per heavy atom. The number of aromatic hydroxyl groups is 1. The number of phenolic OH excluding ortho intramolecular Hbond substituents is 1. The Hall–Kier alpha value is -2.52. The maximum Gasteiger partial charge on any atom is 0.234 e. The lowest BCUT2D eigenvalue weighted by Gasteiger charge is -2.21. The number of fused-ring (bicyclic) bond motifs is 1. The molecule has 1 aromatic heterocycles. The lowest BCUT2D eigenvalue weighted by Crippen LogP contribution is -2.16. The van der Waals surface area contributed by atoms with Gasteiger partial charge >= 0.3 is 0 Å². The van der Waals surface area contributed by atoms with Crippen LogP contribution in [0.4, 0.5) is 5.69 Å². The van der Waals surface area contributed by atoms with E-state index in [0.717, 1.165) is 43.4 Å². The molecule has 5 nitrogen and oxygen atoms in total. The Bertz CT molecular complexity index is 857. The number of amides is 1. The van der Waals surface area contributed by atoms with Gasteiger partial charge in [-0.2, -0.15) is 5.26 Å². The van der Waals surface area contributed by atoms with Gasteiger partial charge in [0, 0.05) is 11.4 Å². The van der Waals surface area contributed by atoms with E-state index in [9.17, 15) is 15.2 Å². The molecule has 1 aliphatic carbocycles. The quantitative estimate of drug-likeness (QED) is 0.619. The van der Waals surface area contributed by atoms with Crippen LogP contribution in [0.5, 0.6) is 5.75 Å². The van der Waals surface area contributed by atoms with Crippen LogP contribution in [0.25, 0.3) is 0 Å². The fraction of sp³-hybridized carbons (Fsp3) is 0.350. The number of thioether (sulfide) groups is 1. The molecule has 0 aliphatic heterocycles. The second kappa shape index (κ2) is 8.24. The topological polar surface area (TPSA) is 86.0 Å². The van der Waals surface area contributed by atoms with Gasteiger partial charge in [-0.05, 0) is 67.5 Å². The van der Waals surface area contributed by atoms with Crippen molar-refractivity contribution in [3.05, 3.63) is 46.6 Å². The van der Waals surface area contributed by atoms with Crippen molar-refractivity contribution < 1.29 is 9.90 Å². The van der Waals surface area contributed by atoms with E-state index in [0.29, 0.717) is 16.3 Å². The van der Waals surface area contributed by atoms with Gasteiger partial charge in [0.2, 0.25) is 5.91 Å². The smallest absolute Gasteiger partial charge is 0.234 e. The van der Waals surface area contributed by atoms with Crippen molar-refractivity contribution in [2.24, 2.45) is 0 Å². The Morgan fingerprint density at radius 3 is 2.62 bits per heavy atom. The largest absolute Gasteiger partial charge is 0.508 e. The van der Waals surface area contributed by atoms with Crippen molar-refractivity contribution in [1.29, 1.82) is 5.26 Å². The molecule has 2 N–H and O–H groups in total. The second-order valence-corrected chi connectivity index (χ2v) is 7.22. The number of phenols is 1. The lowest BCUT2D eigenvalue weighted by molar-refractivity contribution is -0.113. The van der Waals surface area contributed by atoms with E-state index in [-0.39, 0.29) is 17.4 Å². The van der Waals surface area contributed by atoms with E-state index in [1.54, 1.807) is 12.1 Å². The third-order valence-corrected chi connectivity index (χ3v) is 5.48. The van der Waals surface area contributed by atoms with E-state index in [2.05, 4.69) is 18.3 Å². The molecule has 134 valence electrons. The summed E-state index contributed by atoms with van der Waals surface area (Å²) in [6.45, 7) is 2.08. The summed E-state index contributed by atoms with van der Waals surface area (Å²) >= 11 is 1.31. The Kier molecular flexibility index (Phi) is 5.79. The molecule has 0 bridgehead atoms. The average molecular weight is 367 g/mol. The molecule has 1 amide bonds. The van der Waals surface area contributed by atoms with E-state index in [1.165, 1.54) is 29.5 Å². The van der Waals surface area contributed by atoms with Gasteiger partial charge in [0.1, 0.15) is 16.8 Å². The normalized spacial score (nSPS) is 12.9. The van der Waals surface area contributed by atoms with Crippen LogP contribution < -0.4 is 5.32 Å². The van der Waals surface area contributed by atoms with Gasteiger partial charge < -0.3 is 10.4 Å². The first-order chi connectivity index (χ1) is 12.6.